The van der Waals surface area contributed by atoms with Crippen molar-refractivity contribution >= 4 is 21.6 Å². The fraction of sp³-hybridized carbons (Fsp3) is 0.435. The molecule has 1 fully saturated rings. The first-order valence-corrected chi connectivity index (χ1v) is 12.0. The van der Waals surface area contributed by atoms with Crippen LogP contribution in [0.5, 0.6) is 5.75 Å². The van der Waals surface area contributed by atoms with Gasteiger partial charge in [-0.05, 0) is 81.6 Å². The van der Waals surface area contributed by atoms with Gasteiger partial charge in [0.15, 0.2) is 0 Å². The summed E-state index contributed by atoms with van der Waals surface area (Å²) in [5, 5.41) is 2.97. The van der Waals surface area contributed by atoms with Crippen molar-refractivity contribution in [1.82, 2.24) is 10.2 Å². The Kier molecular flexibility index (Phi) is 7.23. The van der Waals surface area contributed by atoms with E-state index in [1.165, 1.54) is 6.07 Å². The van der Waals surface area contributed by atoms with E-state index in [2.05, 4.69) is 28.8 Å². The van der Waals surface area contributed by atoms with E-state index in [4.69, 9.17) is 4.74 Å². The Morgan fingerprint density at radius 2 is 1.90 bits per heavy atom. The first-order valence-electron chi connectivity index (χ1n) is 10.5. The van der Waals surface area contributed by atoms with Gasteiger partial charge in [0.1, 0.15) is 5.75 Å². The molecule has 168 valence electrons. The summed E-state index contributed by atoms with van der Waals surface area (Å²) < 4.78 is 33.5. The molecule has 1 aliphatic heterocycles. The van der Waals surface area contributed by atoms with Crippen molar-refractivity contribution in [2.45, 2.75) is 38.1 Å². The van der Waals surface area contributed by atoms with Gasteiger partial charge in [-0.1, -0.05) is 6.07 Å². The van der Waals surface area contributed by atoms with Crippen LogP contribution in [0, 0.1) is 12.8 Å². The zero-order valence-corrected chi connectivity index (χ0v) is 19.3. The standard InChI is InChI=1S/C23H31N3O4S/c1-16(2)26-12-11-18(15-26)14-24-23(27)19-6-5-17(3)22(13-19)31(28,29)25-20-7-9-21(30-4)10-8-20/h5-10,13,16,18,25H,11-12,14-15H2,1-4H3,(H,24,27). The molecule has 2 aromatic carbocycles. The minimum Gasteiger partial charge on any atom is -0.497 e. The van der Waals surface area contributed by atoms with E-state index < -0.39 is 10.0 Å². The van der Waals surface area contributed by atoms with E-state index in [-0.39, 0.29) is 10.8 Å². The zero-order chi connectivity index (χ0) is 22.6. The van der Waals surface area contributed by atoms with Crippen molar-refractivity contribution in [2.24, 2.45) is 5.92 Å². The van der Waals surface area contributed by atoms with Crippen LogP contribution in [-0.4, -0.2) is 52.0 Å². The summed E-state index contributed by atoms with van der Waals surface area (Å²) in [5.41, 5.74) is 1.33. The second kappa shape index (κ2) is 9.70. The summed E-state index contributed by atoms with van der Waals surface area (Å²) in [7, 11) is -2.30. The summed E-state index contributed by atoms with van der Waals surface area (Å²) in [6.45, 7) is 8.66. The Bertz CT molecular complexity index is 1020. The lowest BCUT2D eigenvalue weighted by molar-refractivity contribution is 0.0947. The maximum atomic E-state index is 12.9. The number of aryl methyl sites for hydroxylation is 1. The Balaban J connectivity index is 1.69. The van der Waals surface area contributed by atoms with Crippen LogP contribution in [0.15, 0.2) is 47.4 Å². The average molecular weight is 446 g/mol. The Morgan fingerprint density at radius 1 is 1.19 bits per heavy atom. The van der Waals surface area contributed by atoms with Gasteiger partial charge in [0, 0.05) is 30.4 Å². The molecule has 1 atom stereocenters. The van der Waals surface area contributed by atoms with E-state index in [9.17, 15) is 13.2 Å². The number of nitrogens with zero attached hydrogens (tertiary/aromatic N) is 1. The number of sulfonamides is 1. The average Bonchev–Trinajstić information content (AvgIpc) is 3.22. The molecule has 0 saturated carbocycles. The highest BCUT2D eigenvalue weighted by molar-refractivity contribution is 7.92. The van der Waals surface area contributed by atoms with Crippen molar-refractivity contribution in [3.8, 4) is 5.75 Å². The van der Waals surface area contributed by atoms with Crippen molar-refractivity contribution in [3.05, 3.63) is 53.6 Å². The topological polar surface area (TPSA) is 87.7 Å². The molecule has 2 N–H and O–H groups in total. The molecule has 3 rings (SSSR count). The zero-order valence-electron chi connectivity index (χ0n) is 18.5. The molecule has 1 saturated heterocycles. The number of amides is 1. The summed E-state index contributed by atoms with van der Waals surface area (Å²) in [4.78, 5) is 15.2. The quantitative estimate of drug-likeness (QED) is 0.651. The summed E-state index contributed by atoms with van der Waals surface area (Å²) in [6, 6.07) is 11.9. The number of methoxy groups -OCH3 is 1. The van der Waals surface area contributed by atoms with Crippen LogP contribution in [0.1, 0.15) is 36.2 Å². The largest absolute Gasteiger partial charge is 0.497 e. The van der Waals surface area contributed by atoms with Gasteiger partial charge < -0.3 is 15.0 Å². The van der Waals surface area contributed by atoms with Gasteiger partial charge in [-0.25, -0.2) is 8.42 Å². The highest BCUT2D eigenvalue weighted by Gasteiger charge is 2.25. The fourth-order valence-electron chi connectivity index (χ4n) is 3.74. The fourth-order valence-corrected chi connectivity index (χ4v) is 5.07. The molecule has 0 aliphatic carbocycles. The number of hydrogen-bond acceptors (Lipinski definition) is 5. The van der Waals surface area contributed by atoms with Crippen LogP contribution in [0.3, 0.4) is 0 Å². The maximum absolute atomic E-state index is 12.9. The van der Waals surface area contributed by atoms with Gasteiger partial charge in [0.05, 0.1) is 12.0 Å². The second-order valence-electron chi connectivity index (χ2n) is 8.27. The molecule has 31 heavy (non-hydrogen) atoms. The van der Waals surface area contributed by atoms with Crippen LogP contribution in [0.4, 0.5) is 5.69 Å². The number of carbonyl (C=O) groups is 1. The molecule has 1 heterocycles. The second-order valence-corrected chi connectivity index (χ2v) is 9.92. The maximum Gasteiger partial charge on any atom is 0.262 e. The van der Waals surface area contributed by atoms with Crippen LogP contribution < -0.4 is 14.8 Å². The van der Waals surface area contributed by atoms with Crippen LogP contribution in [-0.2, 0) is 10.0 Å². The SMILES string of the molecule is COc1ccc(NS(=O)(=O)c2cc(C(=O)NCC3CCN(C(C)C)C3)ccc2C)cc1. The third-order valence-electron chi connectivity index (χ3n) is 5.68. The normalized spacial score (nSPS) is 17.0. The van der Waals surface area contributed by atoms with Gasteiger partial charge in [0.25, 0.3) is 15.9 Å². The van der Waals surface area contributed by atoms with Crippen molar-refractivity contribution < 1.29 is 17.9 Å². The summed E-state index contributed by atoms with van der Waals surface area (Å²) in [6.07, 6.45) is 1.05. The number of rotatable bonds is 8. The van der Waals surface area contributed by atoms with Gasteiger partial charge in [-0.15, -0.1) is 0 Å². The third-order valence-corrected chi connectivity index (χ3v) is 7.20. The first-order chi connectivity index (χ1) is 14.7. The van der Waals surface area contributed by atoms with Crippen molar-refractivity contribution in [3.63, 3.8) is 0 Å². The Labute approximate surface area is 184 Å². The molecule has 7 nitrogen and oxygen atoms in total. The van der Waals surface area contributed by atoms with E-state index >= 15 is 0 Å². The minimum atomic E-state index is -3.84. The molecule has 0 radical (unpaired) electrons. The molecule has 0 aromatic heterocycles. The smallest absolute Gasteiger partial charge is 0.262 e. The lowest BCUT2D eigenvalue weighted by Crippen LogP contribution is -2.33. The summed E-state index contributed by atoms with van der Waals surface area (Å²) in [5.74, 6) is 0.789. The molecule has 2 aromatic rings. The number of likely N-dealkylation sites (tertiary alicyclic amines) is 1. The van der Waals surface area contributed by atoms with Gasteiger partial charge in [-0.3, -0.25) is 9.52 Å². The molecular weight excluding hydrogens is 414 g/mol. The lowest BCUT2D eigenvalue weighted by Gasteiger charge is -2.20. The van der Waals surface area contributed by atoms with Gasteiger partial charge in [-0.2, -0.15) is 0 Å². The van der Waals surface area contributed by atoms with E-state index in [0.29, 0.717) is 41.1 Å². The number of carbonyl (C=O) groups excluding carboxylic acids is 1. The number of hydrogen-bond donors (Lipinski definition) is 2. The lowest BCUT2D eigenvalue weighted by atomic mass is 10.1. The van der Waals surface area contributed by atoms with Crippen LogP contribution in [0.25, 0.3) is 0 Å². The van der Waals surface area contributed by atoms with Crippen LogP contribution >= 0.6 is 0 Å². The van der Waals surface area contributed by atoms with E-state index in [1.54, 1.807) is 50.4 Å². The van der Waals surface area contributed by atoms with Crippen molar-refractivity contribution in [2.75, 3.05) is 31.5 Å². The predicted octanol–water partition coefficient (Wildman–Crippen LogP) is 3.26. The molecule has 1 amide bonds. The Hall–Kier alpha value is -2.58. The summed E-state index contributed by atoms with van der Waals surface area (Å²) >= 11 is 0. The number of nitrogens with one attached hydrogen (secondary N) is 2. The molecule has 0 bridgehead atoms. The highest BCUT2D eigenvalue weighted by Crippen LogP contribution is 2.23. The predicted molar refractivity (Wildman–Crippen MR) is 122 cm³/mol. The van der Waals surface area contributed by atoms with E-state index in [0.717, 1.165) is 19.5 Å². The molecule has 0 spiro atoms. The van der Waals surface area contributed by atoms with Crippen LogP contribution in [0.2, 0.25) is 0 Å². The minimum absolute atomic E-state index is 0.0859. The van der Waals surface area contributed by atoms with Crippen molar-refractivity contribution in [1.29, 1.82) is 0 Å². The number of benzene rings is 2. The highest BCUT2D eigenvalue weighted by atomic mass is 32.2. The molecule has 8 heteroatoms. The third kappa shape index (κ3) is 5.77. The Morgan fingerprint density at radius 3 is 2.52 bits per heavy atom. The first kappa shape index (κ1) is 23.1. The van der Waals surface area contributed by atoms with Gasteiger partial charge >= 0.3 is 0 Å². The monoisotopic (exact) mass is 445 g/mol. The van der Waals surface area contributed by atoms with Gasteiger partial charge in [0.2, 0.25) is 0 Å². The molecular formula is C23H31N3O4S. The van der Waals surface area contributed by atoms with E-state index in [1.807, 2.05) is 0 Å². The number of ether oxygens (including phenoxy) is 1. The molecule has 1 unspecified atom stereocenters. The molecule has 1 aliphatic rings. The number of anilines is 1.